The van der Waals surface area contributed by atoms with Gasteiger partial charge in [-0.05, 0) is 163 Å². The maximum atomic E-state index is 2.47. The summed E-state index contributed by atoms with van der Waals surface area (Å²) < 4.78 is 2.47. The molecule has 2 heteroatoms. The largest absolute Gasteiger partial charge is 0.310 e. The highest BCUT2D eigenvalue weighted by Gasteiger charge is 2.21. The highest BCUT2D eigenvalue weighted by atomic mass is 15.1. The second-order valence-corrected chi connectivity index (χ2v) is 19.0. The summed E-state index contributed by atoms with van der Waals surface area (Å²) in [5.41, 5.74) is 17.8. The van der Waals surface area contributed by atoms with Crippen LogP contribution in [-0.4, -0.2) is 4.57 Å². The molecule has 0 bridgehead atoms. The molecule has 12 rings (SSSR count). The van der Waals surface area contributed by atoms with Gasteiger partial charge in [0.1, 0.15) is 0 Å². The van der Waals surface area contributed by atoms with E-state index in [1.165, 1.54) is 107 Å². The van der Waals surface area contributed by atoms with Gasteiger partial charge in [-0.25, -0.2) is 0 Å². The zero-order valence-electron chi connectivity index (χ0n) is 40.5. The lowest BCUT2D eigenvalue weighted by Crippen LogP contribution is -2.10. The Labute approximate surface area is 417 Å². The van der Waals surface area contributed by atoms with Gasteiger partial charge in [0.2, 0.25) is 0 Å². The average Bonchev–Trinajstić information content (AvgIpc) is 3.78. The van der Waals surface area contributed by atoms with Gasteiger partial charge >= 0.3 is 0 Å². The molecule has 1 aromatic heterocycles. The standard InChI is InChI=1S/C69H56N2/c1-3-5-18-48(4-2)51-31-37-60(38-32-51)70(61-39-33-52(34-40-61)54-35-41-64-57(43-54)30-29-53-23-15-16-28-63(53)64)62-27-17-24-56(44-62)66-45-58(50-21-11-7-12-22-50)47-68-69(66)65-42-36-55(49-19-9-6-10-20-49)46-67(65)71(68)59-25-13-8-14-26-59/h6-17,19-48H,3-5,18H2,1-2H3. The Balaban J connectivity index is 1.03. The lowest BCUT2D eigenvalue weighted by Gasteiger charge is -2.27. The van der Waals surface area contributed by atoms with Gasteiger partial charge in [0, 0.05) is 33.5 Å². The van der Waals surface area contributed by atoms with Crippen molar-refractivity contribution in [3.8, 4) is 50.2 Å². The molecule has 0 saturated heterocycles. The second-order valence-electron chi connectivity index (χ2n) is 19.0. The minimum atomic E-state index is 0.557. The van der Waals surface area contributed by atoms with Gasteiger partial charge in [-0.1, -0.05) is 203 Å². The smallest absolute Gasteiger partial charge is 0.0553 e. The van der Waals surface area contributed by atoms with E-state index in [2.05, 4.69) is 272 Å². The Morgan fingerprint density at radius 3 is 1.66 bits per heavy atom. The van der Waals surface area contributed by atoms with Gasteiger partial charge in [0.15, 0.2) is 0 Å². The summed E-state index contributed by atoms with van der Waals surface area (Å²) in [6.07, 6.45) is 4.82. The molecule has 11 aromatic carbocycles. The maximum absolute atomic E-state index is 2.47. The molecule has 0 aliphatic heterocycles. The van der Waals surface area contributed by atoms with E-state index in [0.717, 1.165) is 34.7 Å². The van der Waals surface area contributed by atoms with E-state index >= 15 is 0 Å². The number of para-hydroxylation sites is 1. The van der Waals surface area contributed by atoms with Crippen molar-refractivity contribution in [2.45, 2.75) is 45.4 Å². The lowest BCUT2D eigenvalue weighted by atomic mass is 9.91. The molecule has 0 saturated carbocycles. The summed E-state index contributed by atoms with van der Waals surface area (Å²) in [6.45, 7) is 4.62. The predicted octanol–water partition coefficient (Wildman–Crippen LogP) is 19.9. The van der Waals surface area contributed by atoms with Crippen LogP contribution in [0.2, 0.25) is 0 Å². The van der Waals surface area contributed by atoms with E-state index in [-0.39, 0.29) is 0 Å². The minimum absolute atomic E-state index is 0.557. The molecule has 1 atom stereocenters. The Morgan fingerprint density at radius 1 is 0.380 bits per heavy atom. The van der Waals surface area contributed by atoms with Gasteiger partial charge in [-0.2, -0.15) is 0 Å². The fraction of sp³-hybridized carbons (Fsp3) is 0.101. The van der Waals surface area contributed by atoms with Crippen molar-refractivity contribution in [3.05, 3.63) is 254 Å². The van der Waals surface area contributed by atoms with Crippen molar-refractivity contribution < 1.29 is 0 Å². The highest BCUT2D eigenvalue weighted by molar-refractivity contribution is 6.18. The van der Waals surface area contributed by atoms with Crippen LogP contribution in [0.3, 0.4) is 0 Å². The first-order chi connectivity index (χ1) is 35.1. The van der Waals surface area contributed by atoms with Crippen molar-refractivity contribution in [3.63, 3.8) is 0 Å². The summed E-state index contributed by atoms with van der Waals surface area (Å²) in [5, 5.41) is 7.56. The number of hydrogen-bond acceptors (Lipinski definition) is 1. The molecule has 1 heterocycles. The molecule has 0 radical (unpaired) electrons. The SMILES string of the molecule is CCCCC(CC)c1ccc(N(c2ccc(-c3ccc4c(ccc5ccccc54)c3)cc2)c2cccc(-c3cc(-c4ccccc4)cc4c3c3ccc(-c5ccccc5)cc3n4-c3ccccc3)c2)cc1. The number of rotatable bonds is 13. The van der Waals surface area contributed by atoms with E-state index in [9.17, 15) is 0 Å². The number of fused-ring (bicyclic) bond motifs is 6. The summed E-state index contributed by atoms with van der Waals surface area (Å²) in [4.78, 5) is 2.44. The van der Waals surface area contributed by atoms with Crippen LogP contribution < -0.4 is 4.90 Å². The monoisotopic (exact) mass is 912 g/mol. The van der Waals surface area contributed by atoms with Crippen LogP contribution in [0, 0.1) is 0 Å². The number of unbranched alkanes of at least 4 members (excludes halogenated alkanes) is 1. The molecule has 0 N–H and O–H groups in total. The third-order valence-electron chi connectivity index (χ3n) is 14.7. The van der Waals surface area contributed by atoms with Crippen LogP contribution in [0.25, 0.3) is 93.5 Å². The third-order valence-corrected chi connectivity index (χ3v) is 14.7. The van der Waals surface area contributed by atoms with Crippen molar-refractivity contribution in [1.82, 2.24) is 4.57 Å². The molecule has 342 valence electrons. The molecular weight excluding hydrogens is 857 g/mol. The molecule has 71 heavy (non-hydrogen) atoms. The lowest BCUT2D eigenvalue weighted by molar-refractivity contribution is 0.570. The number of aromatic nitrogens is 1. The van der Waals surface area contributed by atoms with Crippen molar-refractivity contribution in [1.29, 1.82) is 0 Å². The Bertz CT molecular complexity index is 3810. The van der Waals surface area contributed by atoms with Gasteiger partial charge in [-0.15, -0.1) is 0 Å². The average molecular weight is 913 g/mol. The fourth-order valence-electron chi connectivity index (χ4n) is 11.0. The predicted molar refractivity (Wildman–Crippen MR) is 305 cm³/mol. The summed E-state index contributed by atoms with van der Waals surface area (Å²) >= 11 is 0. The summed E-state index contributed by atoms with van der Waals surface area (Å²) in [6, 6.07) is 92.1. The van der Waals surface area contributed by atoms with Crippen LogP contribution in [0.4, 0.5) is 17.1 Å². The first-order valence-electron chi connectivity index (χ1n) is 25.4. The summed E-state index contributed by atoms with van der Waals surface area (Å²) in [5.74, 6) is 0.557. The highest BCUT2D eigenvalue weighted by Crippen LogP contribution is 2.45. The molecule has 0 aliphatic rings. The van der Waals surface area contributed by atoms with Crippen LogP contribution in [-0.2, 0) is 0 Å². The van der Waals surface area contributed by atoms with E-state index in [1.807, 2.05) is 0 Å². The number of nitrogens with zero attached hydrogens (tertiary/aromatic N) is 2. The van der Waals surface area contributed by atoms with Gasteiger partial charge in [-0.3, -0.25) is 0 Å². The van der Waals surface area contributed by atoms with E-state index in [4.69, 9.17) is 0 Å². The number of hydrogen-bond donors (Lipinski definition) is 0. The maximum Gasteiger partial charge on any atom is 0.0553 e. The first kappa shape index (κ1) is 43.8. The van der Waals surface area contributed by atoms with Crippen molar-refractivity contribution in [2.75, 3.05) is 4.90 Å². The Hall–Kier alpha value is -8.46. The molecule has 0 spiro atoms. The van der Waals surface area contributed by atoms with Crippen LogP contribution in [0.5, 0.6) is 0 Å². The van der Waals surface area contributed by atoms with E-state index in [1.54, 1.807) is 0 Å². The summed E-state index contributed by atoms with van der Waals surface area (Å²) in [7, 11) is 0. The molecule has 12 aromatic rings. The van der Waals surface area contributed by atoms with Crippen LogP contribution in [0.1, 0.15) is 51.0 Å². The van der Waals surface area contributed by atoms with Gasteiger partial charge in [0.05, 0.1) is 11.0 Å². The Kier molecular flexibility index (Phi) is 11.8. The molecule has 1 unspecified atom stereocenters. The fourth-order valence-corrected chi connectivity index (χ4v) is 11.0. The number of anilines is 3. The van der Waals surface area contributed by atoms with E-state index < -0.39 is 0 Å². The molecule has 0 aliphatic carbocycles. The van der Waals surface area contributed by atoms with Crippen LogP contribution >= 0.6 is 0 Å². The van der Waals surface area contributed by atoms with E-state index in [0.29, 0.717) is 5.92 Å². The Morgan fingerprint density at radius 2 is 0.944 bits per heavy atom. The zero-order valence-corrected chi connectivity index (χ0v) is 40.5. The van der Waals surface area contributed by atoms with Crippen molar-refractivity contribution in [2.24, 2.45) is 0 Å². The second kappa shape index (κ2) is 19.1. The topological polar surface area (TPSA) is 8.17 Å². The molecule has 0 fully saturated rings. The van der Waals surface area contributed by atoms with Gasteiger partial charge < -0.3 is 9.47 Å². The third kappa shape index (κ3) is 8.36. The minimum Gasteiger partial charge on any atom is -0.310 e. The quantitative estimate of drug-likeness (QED) is 0.105. The molecule has 0 amide bonds. The first-order valence-corrected chi connectivity index (χ1v) is 25.4. The zero-order chi connectivity index (χ0) is 47.7. The van der Waals surface area contributed by atoms with Gasteiger partial charge in [0.25, 0.3) is 0 Å². The normalized spacial score (nSPS) is 12.0. The van der Waals surface area contributed by atoms with Crippen LogP contribution in [0.15, 0.2) is 249 Å². The van der Waals surface area contributed by atoms with Crippen molar-refractivity contribution >= 4 is 60.4 Å². The molecule has 2 nitrogen and oxygen atoms in total. The molecular formula is C69H56N2. The number of benzene rings is 11.